The highest BCUT2D eigenvalue weighted by Crippen LogP contribution is 2.39. The second kappa shape index (κ2) is 6.68. The summed E-state index contributed by atoms with van der Waals surface area (Å²) < 4.78 is 52.5. The molecular weight excluding hydrogens is 364 g/mol. The number of primary amides is 1. The van der Waals surface area contributed by atoms with E-state index >= 15 is 0 Å². The van der Waals surface area contributed by atoms with E-state index in [4.69, 9.17) is 5.73 Å². The number of carbonyl (C=O) groups excluding carboxylic acids is 2. The zero-order chi connectivity index (χ0) is 19.9. The first-order valence-electron chi connectivity index (χ1n) is 8.19. The smallest absolute Gasteiger partial charge is 0.369 e. The third-order valence-corrected chi connectivity index (χ3v) is 4.67. The molecule has 8 heteroatoms. The van der Waals surface area contributed by atoms with Crippen LogP contribution in [0.1, 0.15) is 40.7 Å². The van der Waals surface area contributed by atoms with Gasteiger partial charge in [0.05, 0.1) is 11.5 Å². The van der Waals surface area contributed by atoms with Gasteiger partial charge in [-0.25, -0.2) is 4.39 Å². The molecule has 2 atom stereocenters. The molecule has 3 rings (SSSR count). The van der Waals surface area contributed by atoms with Crippen molar-refractivity contribution in [2.45, 2.75) is 31.5 Å². The van der Waals surface area contributed by atoms with Gasteiger partial charge < -0.3 is 10.6 Å². The molecule has 0 aliphatic carbocycles. The van der Waals surface area contributed by atoms with Crippen molar-refractivity contribution in [2.24, 2.45) is 5.73 Å². The molecule has 0 saturated carbocycles. The number of carbonyl (C=O) groups is 2. The molecule has 1 heterocycles. The van der Waals surface area contributed by atoms with E-state index in [-0.39, 0.29) is 12.0 Å². The van der Waals surface area contributed by atoms with Gasteiger partial charge in [-0.2, -0.15) is 13.2 Å². The Kier molecular flexibility index (Phi) is 4.67. The topological polar surface area (TPSA) is 63.4 Å². The first-order valence-corrected chi connectivity index (χ1v) is 8.19. The van der Waals surface area contributed by atoms with E-state index in [1.165, 1.54) is 4.90 Å². The number of halogens is 4. The summed E-state index contributed by atoms with van der Waals surface area (Å²) in [4.78, 5) is 26.0. The van der Waals surface area contributed by atoms with Gasteiger partial charge in [-0.1, -0.05) is 18.2 Å². The fraction of sp³-hybridized carbons (Fsp3) is 0.263. The average Bonchev–Trinajstić information content (AvgIpc) is 2.59. The zero-order valence-electron chi connectivity index (χ0n) is 14.3. The Morgan fingerprint density at radius 1 is 1.15 bits per heavy atom. The summed E-state index contributed by atoms with van der Waals surface area (Å²) >= 11 is 0. The fourth-order valence-electron chi connectivity index (χ4n) is 3.41. The predicted octanol–water partition coefficient (Wildman–Crippen LogP) is 3.85. The molecule has 1 aliphatic heterocycles. The van der Waals surface area contributed by atoms with Crippen LogP contribution in [-0.2, 0) is 11.0 Å². The van der Waals surface area contributed by atoms with Crippen LogP contribution >= 0.6 is 0 Å². The second-order valence-electron chi connectivity index (χ2n) is 6.47. The maximum Gasteiger partial charge on any atom is 0.419 e. The van der Waals surface area contributed by atoms with Gasteiger partial charge in [-0.15, -0.1) is 0 Å². The number of benzene rings is 2. The van der Waals surface area contributed by atoms with Gasteiger partial charge in [0, 0.05) is 17.3 Å². The highest BCUT2D eigenvalue weighted by Gasteiger charge is 2.38. The molecule has 1 aliphatic rings. The lowest BCUT2D eigenvalue weighted by atomic mass is 9.85. The Morgan fingerprint density at radius 3 is 2.44 bits per heavy atom. The number of alkyl halides is 3. The molecule has 27 heavy (non-hydrogen) atoms. The predicted molar refractivity (Wildman–Crippen MR) is 90.7 cm³/mol. The Bertz CT molecular complexity index is 911. The van der Waals surface area contributed by atoms with Gasteiger partial charge in [-0.3, -0.25) is 9.59 Å². The number of amides is 2. The molecule has 0 saturated heterocycles. The second-order valence-corrected chi connectivity index (χ2v) is 6.47. The monoisotopic (exact) mass is 380 g/mol. The minimum atomic E-state index is -4.91. The number of nitrogens with two attached hydrogens (primary N) is 1. The van der Waals surface area contributed by atoms with Crippen molar-refractivity contribution >= 4 is 17.5 Å². The van der Waals surface area contributed by atoms with Gasteiger partial charge in [0.15, 0.2) is 0 Å². The van der Waals surface area contributed by atoms with Crippen LogP contribution < -0.4 is 10.6 Å². The summed E-state index contributed by atoms with van der Waals surface area (Å²) in [5.41, 5.74) is 4.61. The fourth-order valence-corrected chi connectivity index (χ4v) is 3.41. The molecule has 2 aromatic rings. The number of para-hydroxylation sites is 1. The van der Waals surface area contributed by atoms with E-state index in [1.54, 1.807) is 31.2 Å². The van der Waals surface area contributed by atoms with Crippen molar-refractivity contribution in [3.05, 3.63) is 65.0 Å². The Labute approximate surface area is 152 Å². The number of anilines is 1. The average molecular weight is 380 g/mol. The molecule has 2 amide bonds. The van der Waals surface area contributed by atoms with Crippen LogP contribution in [0.4, 0.5) is 23.2 Å². The van der Waals surface area contributed by atoms with E-state index < -0.39 is 41.3 Å². The first kappa shape index (κ1) is 18.9. The highest BCUT2D eigenvalue weighted by atomic mass is 19.4. The van der Waals surface area contributed by atoms with Gasteiger partial charge in [-0.05, 0) is 43.2 Å². The van der Waals surface area contributed by atoms with Crippen LogP contribution in [0.3, 0.4) is 0 Å². The molecule has 142 valence electrons. The Morgan fingerprint density at radius 2 is 1.81 bits per heavy atom. The molecule has 2 aromatic carbocycles. The number of hydrogen-bond donors (Lipinski definition) is 1. The van der Waals surface area contributed by atoms with Crippen LogP contribution in [-0.4, -0.2) is 17.9 Å². The maximum atomic E-state index is 13.5. The summed E-state index contributed by atoms with van der Waals surface area (Å²) in [6, 6.07) is 8.27. The lowest BCUT2D eigenvalue weighted by molar-refractivity contribution is -0.140. The molecule has 0 unspecified atom stereocenters. The number of nitrogens with zero attached hydrogens (tertiary/aromatic N) is 1. The number of rotatable bonds is 2. The number of hydrogen-bond acceptors (Lipinski definition) is 2. The molecule has 4 nitrogen and oxygen atoms in total. The van der Waals surface area contributed by atoms with Crippen LogP contribution in [0, 0.1) is 5.82 Å². The Hall–Kier alpha value is -2.90. The normalized spacial score (nSPS) is 19.5. The third kappa shape index (κ3) is 3.39. The molecule has 0 fully saturated rings. The molecule has 2 N–H and O–H groups in total. The van der Waals surface area contributed by atoms with Crippen molar-refractivity contribution in [2.75, 3.05) is 4.90 Å². The quantitative estimate of drug-likeness (QED) is 0.805. The SMILES string of the molecule is C[C@@H]1C[C@@H](C(N)=O)c2ccccc2N1C(=O)c1ccc(F)c(C(F)(F)F)c1. The van der Waals surface area contributed by atoms with Gasteiger partial charge in [0.25, 0.3) is 5.91 Å². The van der Waals surface area contributed by atoms with Crippen LogP contribution in [0.15, 0.2) is 42.5 Å². The summed E-state index contributed by atoms with van der Waals surface area (Å²) in [7, 11) is 0. The van der Waals surface area contributed by atoms with Crippen molar-refractivity contribution in [3.63, 3.8) is 0 Å². The largest absolute Gasteiger partial charge is 0.419 e. The van der Waals surface area contributed by atoms with Gasteiger partial charge in [0.2, 0.25) is 5.91 Å². The first-order chi connectivity index (χ1) is 12.6. The van der Waals surface area contributed by atoms with Gasteiger partial charge in [0.1, 0.15) is 5.82 Å². The van der Waals surface area contributed by atoms with Crippen molar-refractivity contribution in [3.8, 4) is 0 Å². The van der Waals surface area contributed by atoms with Crippen LogP contribution in [0.25, 0.3) is 0 Å². The molecular formula is C19H16F4N2O2. The van der Waals surface area contributed by atoms with Crippen molar-refractivity contribution in [1.29, 1.82) is 0 Å². The summed E-state index contributed by atoms with van der Waals surface area (Å²) in [6.07, 6.45) is -4.67. The molecule has 0 aromatic heterocycles. The summed E-state index contributed by atoms with van der Waals surface area (Å²) in [5, 5.41) is 0. The number of fused-ring (bicyclic) bond motifs is 1. The lowest BCUT2D eigenvalue weighted by Crippen LogP contribution is -2.45. The van der Waals surface area contributed by atoms with Crippen molar-refractivity contribution in [1.82, 2.24) is 0 Å². The van der Waals surface area contributed by atoms with Gasteiger partial charge >= 0.3 is 6.18 Å². The maximum absolute atomic E-state index is 13.5. The van der Waals surface area contributed by atoms with Crippen LogP contribution in [0.5, 0.6) is 0 Å². The van der Waals surface area contributed by atoms with E-state index in [2.05, 4.69) is 0 Å². The molecule has 0 radical (unpaired) electrons. The molecule has 0 bridgehead atoms. The van der Waals surface area contributed by atoms with E-state index in [9.17, 15) is 27.2 Å². The van der Waals surface area contributed by atoms with E-state index in [0.717, 1.165) is 6.07 Å². The molecule has 0 spiro atoms. The zero-order valence-corrected chi connectivity index (χ0v) is 14.3. The lowest BCUT2D eigenvalue weighted by Gasteiger charge is -2.38. The summed E-state index contributed by atoms with van der Waals surface area (Å²) in [6.45, 7) is 1.68. The van der Waals surface area contributed by atoms with Crippen LogP contribution in [0.2, 0.25) is 0 Å². The minimum Gasteiger partial charge on any atom is -0.369 e. The highest BCUT2D eigenvalue weighted by molar-refractivity contribution is 6.08. The Balaban J connectivity index is 2.07. The van der Waals surface area contributed by atoms with E-state index in [0.29, 0.717) is 23.4 Å². The van der Waals surface area contributed by atoms with Crippen molar-refractivity contribution < 1.29 is 27.2 Å². The summed E-state index contributed by atoms with van der Waals surface area (Å²) in [5.74, 6) is -3.29. The standard InChI is InChI=1S/C19H16F4N2O2/c1-10-8-13(17(24)26)12-4-2-3-5-16(12)25(10)18(27)11-6-7-15(20)14(9-11)19(21,22)23/h2-7,9-10,13H,8H2,1H3,(H2,24,26)/t10-,13-/m1/s1. The minimum absolute atomic E-state index is 0.241. The van der Waals surface area contributed by atoms with E-state index in [1.807, 2.05) is 0 Å². The third-order valence-electron chi connectivity index (χ3n) is 4.67.